The quantitative estimate of drug-likeness (QED) is 0.897. The highest BCUT2D eigenvalue weighted by atomic mass is 32.2. The Balaban J connectivity index is 1.88. The number of nitrogens with two attached hydrogens (primary N) is 1. The molecule has 0 saturated carbocycles. The second-order valence-corrected chi connectivity index (χ2v) is 7.71. The van der Waals surface area contributed by atoms with Gasteiger partial charge in [0, 0.05) is 10.9 Å². The molecule has 1 aromatic heterocycles. The molecule has 6 heteroatoms. The number of thioether (sulfide) groups is 1. The van der Waals surface area contributed by atoms with Crippen molar-refractivity contribution < 1.29 is 9.18 Å². The summed E-state index contributed by atoms with van der Waals surface area (Å²) in [5, 5.41) is 6.00. The summed E-state index contributed by atoms with van der Waals surface area (Å²) < 4.78 is 14.8. The maximum atomic E-state index is 13.5. The van der Waals surface area contributed by atoms with Gasteiger partial charge in [-0.05, 0) is 41.6 Å². The molecule has 2 atom stereocenters. The van der Waals surface area contributed by atoms with E-state index in [-0.39, 0.29) is 11.6 Å². The van der Waals surface area contributed by atoms with Gasteiger partial charge in [0.05, 0.1) is 15.8 Å². The van der Waals surface area contributed by atoms with Crippen molar-refractivity contribution in [3.05, 3.63) is 46.6 Å². The van der Waals surface area contributed by atoms with Gasteiger partial charge in [-0.15, -0.1) is 23.1 Å². The van der Waals surface area contributed by atoms with Crippen molar-refractivity contribution in [3.8, 4) is 0 Å². The highest BCUT2D eigenvalue weighted by Crippen LogP contribution is 2.44. The molecule has 3 N–H and O–H groups in total. The summed E-state index contributed by atoms with van der Waals surface area (Å²) in [5.41, 5.74) is 7.10. The number of carbonyl (C=O) groups excluding carboxylic acids is 1. The van der Waals surface area contributed by atoms with Gasteiger partial charge in [0.2, 0.25) is 0 Å². The van der Waals surface area contributed by atoms with Crippen molar-refractivity contribution in [2.75, 3.05) is 5.32 Å². The van der Waals surface area contributed by atoms with E-state index >= 15 is 0 Å². The normalized spacial score (nSPS) is 20.9. The molecule has 0 radical (unpaired) electrons. The van der Waals surface area contributed by atoms with Crippen LogP contribution in [0.4, 0.5) is 10.1 Å². The van der Waals surface area contributed by atoms with E-state index in [2.05, 4.69) is 23.7 Å². The summed E-state index contributed by atoms with van der Waals surface area (Å²) in [6.07, 6.45) is 0.984. The van der Waals surface area contributed by atoms with E-state index in [1.807, 2.05) is 11.8 Å². The van der Waals surface area contributed by atoms with Crippen molar-refractivity contribution in [2.45, 2.75) is 28.8 Å². The fourth-order valence-corrected chi connectivity index (χ4v) is 5.06. The SMILES string of the molecule is C[C@H]1CC(Nc2ccc(F)c(C(N)=O)c2)c2ccsc2S1. The summed E-state index contributed by atoms with van der Waals surface area (Å²) >= 11 is 3.63. The summed E-state index contributed by atoms with van der Waals surface area (Å²) in [4.78, 5) is 11.2. The minimum Gasteiger partial charge on any atom is -0.378 e. The van der Waals surface area contributed by atoms with Crippen LogP contribution in [-0.4, -0.2) is 11.2 Å². The van der Waals surface area contributed by atoms with Crippen LogP contribution in [0.25, 0.3) is 0 Å². The molecule has 3 nitrogen and oxygen atoms in total. The maximum Gasteiger partial charge on any atom is 0.251 e. The van der Waals surface area contributed by atoms with Crippen molar-refractivity contribution in [1.29, 1.82) is 0 Å². The molecule has 2 aromatic rings. The number of benzene rings is 1. The van der Waals surface area contributed by atoms with Crippen molar-refractivity contribution in [1.82, 2.24) is 0 Å². The lowest BCUT2D eigenvalue weighted by atomic mass is 10.0. The van der Waals surface area contributed by atoms with Crippen LogP contribution >= 0.6 is 23.1 Å². The van der Waals surface area contributed by atoms with E-state index in [1.165, 1.54) is 21.9 Å². The standard InChI is InChI=1S/C15H15FN2OS2/c1-8-6-13(10-4-5-20-15(10)21-8)18-9-2-3-12(16)11(7-9)14(17)19/h2-5,7-8,13,18H,6H2,1H3,(H2,17,19)/t8-,13?/m0/s1. The third-order valence-corrected chi connectivity index (χ3v) is 5.83. The predicted octanol–water partition coefficient (Wildman–Crippen LogP) is 4.02. The first-order chi connectivity index (χ1) is 10.0. The smallest absolute Gasteiger partial charge is 0.251 e. The lowest BCUT2D eigenvalue weighted by molar-refractivity contribution is 0.0996. The van der Waals surface area contributed by atoms with Crippen molar-refractivity contribution in [3.63, 3.8) is 0 Å². The van der Waals surface area contributed by atoms with Gasteiger partial charge >= 0.3 is 0 Å². The number of primary amides is 1. The Kier molecular flexibility index (Phi) is 3.91. The molecule has 1 unspecified atom stereocenters. The van der Waals surface area contributed by atoms with Crippen LogP contribution in [-0.2, 0) is 0 Å². The zero-order chi connectivity index (χ0) is 15.0. The second kappa shape index (κ2) is 5.69. The number of hydrogen-bond donors (Lipinski definition) is 2. The Morgan fingerprint density at radius 1 is 1.43 bits per heavy atom. The average Bonchev–Trinajstić information content (AvgIpc) is 2.88. The molecule has 0 bridgehead atoms. The zero-order valence-corrected chi connectivity index (χ0v) is 13.1. The van der Waals surface area contributed by atoms with Crippen LogP contribution < -0.4 is 11.1 Å². The molecule has 0 fully saturated rings. The van der Waals surface area contributed by atoms with Crippen LogP contribution in [0.2, 0.25) is 0 Å². The molecule has 3 rings (SSSR count). The van der Waals surface area contributed by atoms with Crippen LogP contribution in [0.1, 0.15) is 35.3 Å². The number of nitrogens with one attached hydrogen (secondary N) is 1. The number of fused-ring (bicyclic) bond motifs is 1. The number of carbonyl (C=O) groups is 1. The minimum atomic E-state index is -0.750. The lowest BCUT2D eigenvalue weighted by Crippen LogP contribution is -2.19. The summed E-state index contributed by atoms with van der Waals surface area (Å²) in [5.74, 6) is -1.34. The van der Waals surface area contributed by atoms with Crippen LogP contribution in [0, 0.1) is 5.82 Å². The summed E-state index contributed by atoms with van der Waals surface area (Å²) in [6.45, 7) is 2.20. The molecule has 2 heterocycles. The molecule has 0 saturated heterocycles. The molecule has 110 valence electrons. The minimum absolute atomic E-state index is 0.0798. The predicted molar refractivity (Wildman–Crippen MR) is 85.5 cm³/mol. The number of thiophene rings is 1. The highest BCUT2D eigenvalue weighted by molar-refractivity contribution is 8.01. The zero-order valence-electron chi connectivity index (χ0n) is 11.4. The number of rotatable bonds is 3. The van der Waals surface area contributed by atoms with Crippen LogP contribution in [0.5, 0.6) is 0 Å². The first-order valence-electron chi connectivity index (χ1n) is 6.64. The Bertz CT molecular complexity index is 686. The number of anilines is 1. The van der Waals surface area contributed by atoms with E-state index < -0.39 is 11.7 Å². The molecule has 0 aliphatic carbocycles. The molecular weight excluding hydrogens is 307 g/mol. The van der Waals surface area contributed by atoms with Gasteiger partial charge in [0.25, 0.3) is 5.91 Å². The molecule has 1 aromatic carbocycles. The average molecular weight is 322 g/mol. The summed E-state index contributed by atoms with van der Waals surface area (Å²) in [6, 6.07) is 6.69. The van der Waals surface area contributed by atoms with Gasteiger partial charge < -0.3 is 11.1 Å². The van der Waals surface area contributed by atoms with Gasteiger partial charge in [-0.2, -0.15) is 0 Å². The van der Waals surface area contributed by atoms with Gasteiger partial charge in [-0.3, -0.25) is 4.79 Å². The summed E-state index contributed by atoms with van der Waals surface area (Å²) in [7, 11) is 0. The number of hydrogen-bond acceptors (Lipinski definition) is 4. The Labute approximate surface area is 130 Å². The van der Waals surface area contributed by atoms with E-state index in [9.17, 15) is 9.18 Å². The molecule has 1 aliphatic rings. The molecule has 21 heavy (non-hydrogen) atoms. The first kappa shape index (κ1) is 14.4. The Morgan fingerprint density at radius 2 is 2.24 bits per heavy atom. The van der Waals surface area contributed by atoms with E-state index in [0.717, 1.165) is 6.42 Å². The van der Waals surface area contributed by atoms with Gasteiger partial charge in [-0.25, -0.2) is 4.39 Å². The second-order valence-electron chi connectivity index (χ2n) is 5.08. The molecule has 1 amide bonds. The number of halogens is 1. The first-order valence-corrected chi connectivity index (χ1v) is 8.40. The maximum absolute atomic E-state index is 13.5. The van der Waals surface area contributed by atoms with E-state index in [1.54, 1.807) is 17.4 Å². The van der Waals surface area contributed by atoms with Gasteiger partial charge in [0.1, 0.15) is 5.82 Å². The fourth-order valence-electron chi connectivity index (χ4n) is 2.49. The largest absolute Gasteiger partial charge is 0.378 e. The van der Waals surface area contributed by atoms with Crippen molar-refractivity contribution in [2.24, 2.45) is 5.73 Å². The third kappa shape index (κ3) is 2.91. The molecule has 0 spiro atoms. The highest BCUT2D eigenvalue weighted by Gasteiger charge is 2.26. The monoisotopic (exact) mass is 322 g/mol. The van der Waals surface area contributed by atoms with Crippen LogP contribution in [0.15, 0.2) is 33.9 Å². The van der Waals surface area contributed by atoms with E-state index in [0.29, 0.717) is 10.9 Å². The van der Waals surface area contributed by atoms with E-state index in [4.69, 9.17) is 5.73 Å². The van der Waals surface area contributed by atoms with Crippen molar-refractivity contribution >= 4 is 34.7 Å². The molecular formula is C15H15FN2OS2. The lowest BCUT2D eigenvalue weighted by Gasteiger charge is -2.28. The topological polar surface area (TPSA) is 55.1 Å². The molecule has 1 aliphatic heterocycles. The number of amides is 1. The van der Waals surface area contributed by atoms with Crippen LogP contribution in [0.3, 0.4) is 0 Å². The third-order valence-electron chi connectivity index (χ3n) is 3.48. The van der Waals surface area contributed by atoms with Gasteiger partial charge in [0.15, 0.2) is 0 Å². The fraction of sp³-hybridized carbons (Fsp3) is 0.267. The Hall–Kier alpha value is -1.53. The van der Waals surface area contributed by atoms with Gasteiger partial charge in [-0.1, -0.05) is 6.92 Å². The Morgan fingerprint density at radius 3 is 3.00 bits per heavy atom.